The molecule has 0 saturated heterocycles. The lowest BCUT2D eigenvalue weighted by Gasteiger charge is -2.25. The fourth-order valence-electron chi connectivity index (χ4n) is 3.17. The van der Waals surface area contributed by atoms with Crippen molar-refractivity contribution in [3.63, 3.8) is 0 Å². The first-order valence-corrected chi connectivity index (χ1v) is 9.29. The van der Waals surface area contributed by atoms with E-state index in [9.17, 15) is 10.1 Å². The Morgan fingerprint density at radius 2 is 2.24 bits per heavy atom. The zero-order valence-electron chi connectivity index (χ0n) is 16.5. The standard InChI is InChI=1S/C18H25N7O3.HI/c1-3-19-18(20-10-13-6-4-5-7-15(13)25(26)27)21-14-8-9-17-22-16(12-28-2)23-24(17)11-14;/h4-7,14H,3,8-12H2,1-2H3,(H2,19,20,21);1H. The van der Waals surface area contributed by atoms with Crippen LogP contribution < -0.4 is 10.6 Å². The summed E-state index contributed by atoms with van der Waals surface area (Å²) in [6.45, 7) is 3.99. The van der Waals surface area contributed by atoms with Crippen LogP contribution in [0.15, 0.2) is 29.3 Å². The zero-order chi connectivity index (χ0) is 19.9. The Morgan fingerprint density at radius 3 is 2.97 bits per heavy atom. The Hall–Kier alpha value is -2.28. The van der Waals surface area contributed by atoms with Crippen LogP contribution in [0, 0.1) is 10.1 Å². The number of aliphatic imine (C=N–C) groups is 1. The van der Waals surface area contributed by atoms with Gasteiger partial charge in [0.15, 0.2) is 11.8 Å². The van der Waals surface area contributed by atoms with Crippen LogP contribution in [0.5, 0.6) is 0 Å². The van der Waals surface area contributed by atoms with Crippen molar-refractivity contribution in [3.05, 3.63) is 51.6 Å². The van der Waals surface area contributed by atoms with Crippen LogP contribution in [0.3, 0.4) is 0 Å². The first kappa shape index (κ1) is 23.0. The van der Waals surface area contributed by atoms with Crippen LogP contribution in [-0.2, 0) is 30.9 Å². The Bertz CT molecular complexity index is 856. The number of methoxy groups -OCH3 is 1. The van der Waals surface area contributed by atoms with Gasteiger partial charge in [0.1, 0.15) is 12.4 Å². The number of nitrogens with zero attached hydrogens (tertiary/aromatic N) is 5. The number of aromatic nitrogens is 3. The van der Waals surface area contributed by atoms with Gasteiger partial charge in [0.2, 0.25) is 0 Å². The number of hydrogen-bond acceptors (Lipinski definition) is 6. The van der Waals surface area contributed by atoms with Crippen molar-refractivity contribution in [2.24, 2.45) is 4.99 Å². The Labute approximate surface area is 186 Å². The number of fused-ring (bicyclic) bond motifs is 1. The smallest absolute Gasteiger partial charge is 0.274 e. The fourth-order valence-corrected chi connectivity index (χ4v) is 3.17. The summed E-state index contributed by atoms with van der Waals surface area (Å²) in [6, 6.07) is 6.81. The van der Waals surface area contributed by atoms with Crippen LogP contribution in [0.1, 0.15) is 30.6 Å². The van der Waals surface area contributed by atoms with E-state index >= 15 is 0 Å². The summed E-state index contributed by atoms with van der Waals surface area (Å²) >= 11 is 0. The number of aryl methyl sites for hydroxylation is 1. The van der Waals surface area contributed by atoms with E-state index in [0.717, 1.165) is 18.7 Å². The van der Waals surface area contributed by atoms with Gasteiger partial charge in [0, 0.05) is 32.2 Å². The number of nitrogens with one attached hydrogen (secondary N) is 2. The normalized spacial score (nSPS) is 15.9. The maximum Gasteiger partial charge on any atom is 0.274 e. The summed E-state index contributed by atoms with van der Waals surface area (Å²) in [5.74, 6) is 2.29. The third-order valence-corrected chi connectivity index (χ3v) is 4.46. The van der Waals surface area contributed by atoms with Gasteiger partial charge in [-0.25, -0.2) is 14.7 Å². The largest absolute Gasteiger partial charge is 0.377 e. The molecular weight excluding hydrogens is 489 g/mol. The maximum absolute atomic E-state index is 11.2. The highest BCUT2D eigenvalue weighted by molar-refractivity contribution is 14.0. The molecule has 0 fully saturated rings. The molecule has 0 spiro atoms. The number of nitro benzene ring substituents is 1. The monoisotopic (exact) mass is 515 g/mol. The van der Waals surface area contributed by atoms with Crippen LogP contribution in [0.4, 0.5) is 5.69 Å². The van der Waals surface area contributed by atoms with Crippen LogP contribution in [0.2, 0.25) is 0 Å². The molecule has 10 nitrogen and oxygen atoms in total. The molecule has 1 aliphatic rings. The highest BCUT2D eigenvalue weighted by atomic mass is 127. The van der Waals surface area contributed by atoms with Gasteiger partial charge in [-0.15, -0.1) is 24.0 Å². The summed E-state index contributed by atoms with van der Waals surface area (Å²) < 4.78 is 7.00. The molecule has 2 N–H and O–H groups in total. The molecule has 0 aliphatic carbocycles. The minimum Gasteiger partial charge on any atom is -0.377 e. The number of nitro groups is 1. The van der Waals surface area contributed by atoms with Gasteiger partial charge in [-0.05, 0) is 13.3 Å². The summed E-state index contributed by atoms with van der Waals surface area (Å²) in [5.41, 5.74) is 0.661. The van der Waals surface area contributed by atoms with Crippen LogP contribution in [-0.4, -0.2) is 45.3 Å². The molecule has 1 aliphatic heterocycles. The molecule has 158 valence electrons. The Morgan fingerprint density at radius 1 is 1.45 bits per heavy atom. The van der Waals surface area contributed by atoms with E-state index in [1.165, 1.54) is 6.07 Å². The molecule has 1 aromatic heterocycles. The van der Waals surface area contributed by atoms with Gasteiger partial charge in [-0.3, -0.25) is 10.1 Å². The molecule has 2 aromatic rings. The van der Waals surface area contributed by atoms with Gasteiger partial charge in [-0.1, -0.05) is 18.2 Å². The molecule has 1 aromatic carbocycles. The lowest BCUT2D eigenvalue weighted by atomic mass is 10.1. The predicted molar refractivity (Wildman–Crippen MR) is 119 cm³/mol. The third-order valence-electron chi connectivity index (χ3n) is 4.46. The molecule has 1 atom stereocenters. The second kappa shape index (κ2) is 11.0. The summed E-state index contributed by atoms with van der Waals surface area (Å²) in [5, 5.41) is 22.3. The molecular formula is C18H26IN7O3. The summed E-state index contributed by atoms with van der Waals surface area (Å²) in [6.07, 6.45) is 1.72. The molecule has 0 saturated carbocycles. The van der Waals surface area contributed by atoms with Crippen LogP contribution in [0.25, 0.3) is 0 Å². The van der Waals surface area contributed by atoms with Crippen molar-refractivity contribution in [2.75, 3.05) is 13.7 Å². The molecule has 0 bridgehead atoms. The Kier molecular flexibility index (Phi) is 8.76. The first-order valence-electron chi connectivity index (χ1n) is 9.29. The van der Waals surface area contributed by atoms with E-state index in [0.29, 0.717) is 37.0 Å². The zero-order valence-corrected chi connectivity index (χ0v) is 18.8. The fraction of sp³-hybridized carbons (Fsp3) is 0.500. The molecule has 29 heavy (non-hydrogen) atoms. The SMILES string of the molecule is CCNC(=NCc1ccccc1[N+](=O)[O-])NC1CCc2nc(COC)nn2C1.I. The van der Waals surface area contributed by atoms with E-state index in [-0.39, 0.29) is 47.2 Å². The summed E-state index contributed by atoms with van der Waals surface area (Å²) in [7, 11) is 1.63. The maximum atomic E-state index is 11.2. The van der Waals surface area contributed by atoms with E-state index in [2.05, 4.69) is 25.7 Å². The second-order valence-corrected chi connectivity index (χ2v) is 6.52. The quantitative estimate of drug-likeness (QED) is 0.190. The Balaban J connectivity index is 0.00000300. The first-order chi connectivity index (χ1) is 13.6. The topological polar surface area (TPSA) is 120 Å². The minimum atomic E-state index is -0.379. The van der Waals surface area contributed by atoms with Crippen molar-refractivity contribution in [2.45, 2.75) is 45.5 Å². The number of halogens is 1. The molecule has 0 amide bonds. The number of ether oxygens (including phenoxy) is 1. The highest BCUT2D eigenvalue weighted by Gasteiger charge is 2.22. The van der Waals surface area contributed by atoms with Gasteiger partial charge in [-0.2, -0.15) is 5.10 Å². The second-order valence-electron chi connectivity index (χ2n) is 6.52. The highest BCUT2D eigenvalue weighted by Crippen LogP contribution is 2.18. The van der Waals surface area contributed by atoms with E-state index < -0.39 is 0 Å². The third kappa shape index (κ3) is 6.10. The average molecular weight is 515 g/mol. The molecule has 11 heteroatoms. The van der Waals surface area contributed by atoms with Gasteiger partial charge in [0.25, 0.3) is 5.69 Å². The lowest BCUT2D eigenvalue weighted by Crippen LogP contribution is -2.47. The number of benzene rings is 1. The predicted octanol–water partition coefficient (Wildman–Crippen LogP) is 2.02. The van der Waals surface area contributed by atoms with Crippen molar-refractivity contribution >= 4 is 35.6 Å². The minimum absolute atomic E-state index is 0. The molecule has 2 heterocycles. The molecule has 3 rings (SSSR count). The van der Waals surface area contributed by atoms with Gasteiger partial charge in [0.05, 0.1) is 23.6 Å². The van der Waals surface area contributed by atoms with Crippen molar-refractivity contribution in [1.82, 2.24) is 25.4 Å². The number of rotatable bonds is 7. The molecule has 0 radical (unpaired) electrons. The van der Waals surface area contributed by atoms with Crippen molar-refractivity contribution in [3.8, 4) is 0 Å². The van der Waals surface area contributed by atoms with E-state index in [1.54, 1.807) is 25.3 Å². The van der Waals surface area contributed by atoms with E-state index in [1.807, 2.05) is 11.6 Å². The van der Waals surface area contributed by atoms with E-state index in [4.69, 9.17) is 4.74 Å². The summed E-state index contributed by atoms with van der Waals surface area (Å²) in [4.78, 5) is 19.8. The number of para-hydroxylation sites is 1. The molecule has 1 unspecified atom stereocenters. The van der Waals surface area contributed by atoms with Crippen molar-refractivity contribution < 1.29 is 9.66 Å². The van der Waals surface area contributed by atoms with Crippen LogP contribution >= 0.6 is 24.0 Å². The van der Waals surface area contributed by atoms with Gasteiger partial charge >= 0.3 is 0 Å². The van der Waals surface area contributed by atoms with Gasteiger partial charge < -0.3 is 15.4 Å². The van der Waals surface area contributed by atoms with Crippen molar-refractivity contribution in [1.29, 1.82) is 0 Å². The lowest BCUT2D eigenvalue weighted by molar-refractivity contribution is -0.385. The number of guanidine groups is 1. The average Bonchev–Trinajstić information content (AvgIpc) is 3.08. The number of hydrogen-bond donors (Lipinski definition) is 2.